The molecule has 0 saturated carbocycles. The number of nitrogens with two attached hydrogens (primary N) is 1. The lowest BCUT2D eigenvalue weighted by Gasteiger charge is -2.15. The van der Waals surface area contributed by atoms with Gasteiger partial charge in [-0.1, -0.05) is 57.7 Å². The third kappa shape index (κ3) is 4.82. The highest BCUT2D eigenvalue weighted by atomic mass is 32.2. The van der Waals surface area contributed by atoms with Crippen molar-refractivity contribution in [2.75, 3.05) is 11.5 Å². The fraction of sp³-hybridized carbons (Fsp3) is 0.364. The van der Waals surface area contributed by atoms with E-state index in [0.29, 0.717) is 17.6 Å². The molecule has 0 aliphatic heterocycles. The number of nitrogen functional groups attached to an aromatic ring is 1. The molecule has 8 nitrogen and oxygen atoms in total. The van der Waals surface area contributed by atoms with Crippen LogP contribution in [0.1, 0.15) is 49.5 Å². The molecule has 0 radical (unpaired) electrons. The summed E-state index contributed by atoms with van der Waals surface area (Å²) in [6.07, 6.45) is 3.52. The molecule has 1 aromatic carbocycles. The Kier molecular flexibility index (Phi) is 6.84. The molecule has 2 heterocycles. The van der Waals surface area contributed by atoms with Crippen molar-refractivity contribution in [1.29, 1.82) is 0 Å². The molecule has 0 fully saturated rings. The zero-order valence-corrected chi connectivity index (χ0v) is 18.9. The average Bonchev–Trinajstić information content (AvgIpc) is 3.17. The maximum atomic E-state index is 12.9. The van der Waals surface area contributed by atoms with Gasteiger partial charge in [0, 0.05) is 18.9 Å². The molecule has 0 spiro atoms. The number of H-pyrrole nitrogens is 1. The fourth-order valence-electron chi connectivity index (χ4n) is 3.38. The molecule has 3 rings (SSSR count). The topological polar surface area (TPSA) is 116 Å². The molecule has 0 bridgehead atoms. The van der Waals surface area contributed by atoms with Crippen molar-refractivity contribution in [2.45, 2.75) is 45.3 Å². The quantitative estimate of drug-likeness (QED) is 0.410. The van der Waals surface area contributed by atoms with Crippen molar-refractivity contribution >= 4 is 23.4 Å². The predicted molar refractivity (Wildman–Crippen MR) is 123 cm³/mol. The summed E-state index contributed by atoms with van der Waals surface area (Å²) in [6.45, 7) is 8.39. The van der Waals surface area contributed by atoms with Crippen LogP contribution in [0.3, 0.4) is 0 Å². The first-order chi connectivity index (χ1) is 14.7. The minimum absolute atomic E-state index is 0.0337. The molecule has 31 heavy (non-hydrogen) atoms. The van der Waals surface area contributed by atoms with Gasteiger partial charge in [0.1, 0.15) is 11.4 Å². The largest absolute Gasteiger partial charge is 0.384 e. The maximum absolute atomic E-state index is 12.9. The molecule has 3 aromatic rings. The third-order valence-corrected chi connectivity index (χ3v) is 5.79. The van der Waals surface area contributed by atoms with E-state index in [-0.39, 0.29) is 23.1 Å². The van der Waals surface area contributed by atoms with Crippen LogP contribution in [-0.2, 0) is 6.54 Å². The van der Waals surface area contributed by atoms with Crippen molar-refractivity contribution in [1.82, 2.24) is 19.1 Å². The van der Waals surface area contributed by atoms with E-state index in [4.69, 9.17) is 5.73 Å². The summed E-state index contributed by atoms with van der Waals surface area (Å²) in [5.41, 5.74) is 6.65. The Labute approximate surface area is 184 Å². The number of ketones is 1. The van der Waals surface area contributed by atoms with E-state index < -0.39 is 17.0 Å². The normalized spacial score (nSPS) is 11.4. The van der Waals surface area contributed by atoms with Crippen molar-refractivity contribution < 1.29 is 4.79 Å². The first kappa shape index (κ1) is 22.6. The van der Waals surface area contributed by atoms with Crippen molar-refractivity contribution in [3.8, 4) is 5.69 Å². The fourth-order valence-corrected chi connectivity index (χ4v) is 4.22. The highest BCUT2D eigenvalue weighted by Crippen LogP contribution is 2.27. The monoisotopic (exact) mass is 441 g/mol. The lowest BCUT2D eigenvalue weighted by molar-refractivity contribution is 0.102. The van der Waals surface area contributed by atoms with E-state index in [2.05, 4.69) is 29.9 Å². The van der Waals surface area contributed by atoms with Crippen LogP contribution >= 0.6 is 11.8 Å². The number of para-hydroxylation sites is 1. The molecule has 0 aliphatic carbocycles. The highest BCUT2D eigenvalue weighted by Gasteiger charge is 2.21. The van der Waals surface area contributed by atoms with Crippen LogP contribution in [0.4, 0.5) is 5.82 Å². The van der Waals surface area contributed by atoms with Gasteiger partial charge in [0.15, 0.2) is 10.9 Å². The van der Waals surface area contributed by atoms with Gasteiger partial charge in [0.25, 0.3) is 5.56 Å². The summed E-state index contributed by atoms with van der Waals surface area (Å²) in [5, 5.41) is 0.631. The van der Waals surface area contributed by atoms with E-state index in [0.717, 1.165) is 11.3 Å². The summed E-state index contributed by atoms with van der Waals surface area (Å²) >= 11 is 1.22. The second-order valence-corrected chi connectivity index (χ2v) is 8.97. The number of anilines is 1. The molecule has 0 aliphatic rings. The Morgan fingerprint density at radius 3 is 2.58 bits per heavy atom. The van der Waals surface area contributed by atoms with Crippen LogP contribution in [0, 0.1) is 5.92 Å². The van der Waals surface area contributed by atoms with E-state index in [1.165, 1.54) is 16.3 Å². The number of aromatic nitrogens is 4. The minimum Gasteiger partial charge on any atom is -0.384 e. The second-order valence-electron chi connectivity index (χ2n) is 8.03. The number of nitrogens with one attached hydrogen (secondary N) is 1. The van der Waals surface area contributed by atoms with Crippen molar-refractivity contribution in [3.63, 3.8) is 0 Å². The zero-order valence-electron chi connectivity index (χ0n) is 18.1. The van der Waals surface area contributed by atoms with E-state index in [1.807, 2.05) is 42.8 Å². The molecular formula is C22H27N5O3S. The van der Waals surface area contributed by atoms with Gasteiger partial charge in [-0.2, -0.15) is 0 Å². The van der Waals surface area contributed by atoms with Gasteiger partial charge < -0.3 is 5.73 Å². The van der Waals surface area contributed by atoms with Crippen LogP contribution in [0.25, 0.3) is 5.69 Å². The molecule has 3 N–H and O–H groups in total. The molecule has 0 saturated heterocycles. The lowest BCUT2D eigenvalue weighted by Crippen LogP contribution is -2.37. The van der Waals surface area contributed by atoms with Crippen LogP contribution in [-0.4, -0.2) is 30.6 Å². The van der Waals surface area contributed by atoms with E-state index in [9.17, 15) is 14.4 Å². The van der Waals surface area contributed by atoms with E-state index in [1.54, 1.807) is 6.20 Å². The summed E-state index contributed by atoms with van der Waals surface area (Å²) in [4.78, 5) is 43.9. The number of nitrogens with zero attached hydrogens (tertiary/aromatic N) is 3. The zero-order chi connectivity index (χ0) is 22.7. The lowest BCUT2D eigenvalue weighted by atomic mass is 10.0. The minimum atomic E-state index is -0.762. The predicted octanol–water partition coefficient (Wildman–Crippen LogP) is 3.06. The van der Waals surface area contributed by atoms with Crippen LogP contribution in [0.15, 0.2) is 51.4 Å². The molecule has 0 atom stereocenters. The van der Waals surface area contributed by atoms with Gasteiger partial charge in [0.2, 0.25) is 0 Å². The number of Topliss-reactive ketones (excluding diaryl/α,β-unsaturated/α-hetero) is 1. The van der Waals surface area contributed by atoms with Gasteiger partial charge in [0.05, 0.1) is 11.4 Å². The van der Waals surface area contributed by atoms with Crippen molar-refractivity contribution in [2.24, 2.45) is 5.92 Å². The van der Waals surface area contributed by atoms with E-state index >= 15 is 0 Å². The molecular weight excluding hydrogens is 414 g/mol. The highest BCUT2D eigenvalue weighted by molar-refractivity contribution is 7.99. The third-order valence-electron chi connectivity index (χ3n) is 4.82. The number of thioether (sulfide) groups is 1. The molecule has 0 amide bonds. The van der Waals surface area contributed by atoms with Gasteiger partial charge in [-0.3, -0.25) is 23.7 Å². The Morgan fingerprint density at radius 1 is 1.19 bits per heavy atom. The number of rotatable bonds is 8. The van der Waals surface area contributed by atoms with Crippen molar-refractivity contribution in [3.05, 3.63) is 68.6 Å². The van der Waals surface area contributed by atoms with Gasteiger partial charge >= 0.3 is 5.69 Å². The first-order valence-corrected chi connectivity index (χ1v) is 11.1. The Morgan fingerprint density at radius 2 is 1.90 bits per heavy atom. The second kappa shape index (κ2) is 9.38. The SMILES string of the molecule is CC(C)Cn1c(N)c(C(=O)CSc2nccn2-c2ccccc2C(C)C)c(=O)[nH]c1=O. The number of benzene rings is 1. The Bertz CT molecular complexity index is 1210. The Balaban J connectivity index is 1.88. The number of hydrogen-bond donors (Lipinski definition) is 2. The Hall–Kier alpha value is -3.07. The van der Waals surface area contributed by atoms with Crippen LogP contribution < -0.4 is 17.0 Å². The number of aromatic amines is 1. The first-order valence-electron chi connectivity index (χ1n) is 10.1. The number of imidazole rings is 1. The summed E-state index contributed by atoms with van der Waals surface area (Å²) in [5.74, 6) is -0.140. The van der Waals surface area contributed by atoms with Gasteiger partial charge in [-0.05, 0) is 23.5 Å². The summed E-state index contributed by atoms with van der Waals surface area (Å²) in [6, 6.07) is 8.03. The number of hydrogen-bond acceptors (Lipinski definition) is 6. The standard InChI is InChI=1S/C22H27N5O3S/c1-13(2)11-27-19(23)18(20(29)25-21(27)30)17(28)12-31-22-24-9-10-26(22)16-8-6-5-7-15(16)14(3)4/h5-10,13-14H,11-12,23H2,1-4H3,(H,25,29,30). The molecule has 164 valence electrons. The summed E-state index contributed by atoms with van der Waals surface area (Å²) < 4.78 is 3.17. The summed E-state index contributed by atoms with van der Waals surface area (Å²) in [7, 11) is 0. The van der Waals surface area contributed by atoms with Gasteiger partial charge in [-0.15, -0.1) is 0 Å². The average molecular weight is 442 g/mol. The maximum Gasteiger partial charge on any atom is 0.329 e. The van der Waals surface area contributed by atoms with Crippen LogP contribution in [0.2, 0.25) is 0 Å². The van der Waals surface area contributed by atoms with Gasteiger partial charge in [-0.25, -0.2) is 9.78 Å². The number of carbonyl (C=O) groups excluding carboxylic acids is 1. The molecule has 2 aromatic heterocycles. The number of carbonyl (C=O) groups is 1. The van der Waals surface area contributed by atoms with Crippen LogP contribution in [0.5, 0.6) is 0 Å². The molecule has 9 heteroatoms. The molecule has 0 unspecified atom stereocenters. The smallest absolute Gasteiger partial charge is 0.329 e.